The first-order valence-corrected chi connectivity index (χ1v) is 8.20. The molecule has 1 unspecified atom stereocenters. The van der Waals surface area contributed by atoms with Crippen molar-refractivity contribution in [2.45, 2.75) is 12.7 Å². The number of hydrogen-bond donors (Lipinski definition) is 1. The fraction of sp³-hybridized carbons (Fsp3) is 0.455. The zero-order chi connectivity index (χ0) is 14.6. The van der Waals surface area contributed by atoms with Gasteiger partial charge in [0, 0.05) is 16.1 Å². The topological polar surface area (TPSA) is 103 Å². The van der Waals surface area contributed by atoms with Crippen molar-refractivity contribution in [2.24, 2.45) is 11.7 Å². The summed E-state index contributed by atoms with van der Waals surface area (Å²) in [6, 6.07) is 4.34. The summed E-state index contributed by atoms with van der Waals surface area (Å²) in [5.74, 6) is -0.586. The summed E-state index contributed by atoms with van der Waals surface area (Å²) in [4.78, 5) is 10.3. The van der Waals surface area contributed by atoms with E-state index in [1.165, 1.54) is 12.1 Å². The molecule has 0 aliphatic carbocycles. The molecule has 2 N–H and O–H groups in total. The second-order valence-corrected chi connectivity index (χ2v) is 7.45. The van der Waals surface area contributed by atoms with Gasteiger partial charge in [-0.15, -0.1) is 0 Å². The fourth-order valence-corrected chi connectivity index (χ4v) is 3.81. The minimum absolute atomic E-state index is 0.0727. The van der Waals surface area contributed by atoms with Crippen LogP contribution in [0.2, 0.25) is 0 Å². The van der Waals surface area contributed by atoms with E-state index in [9.17, 15) is 18.5 Å². The molecule has 0 spiro atoms. The average molecular weight is 351 g/mol. The third kappa shape index (κ3) is 4.88. The number of nitrogens with two attached hydrogens (primary N) is 1. The average Bonchev–Trinajstić information content (AvgIpc) is 2.30. The Balaban J connectivity index is 3.02. The largest absolute Gasteiger partial charge is 0.330 e. The maximum absolute atomic E-state index is 11.9. The third-order valence-corrected chi connectivity index (χ3v) is 4.88. The minimum atomic E-state index is -3.41. The lowest BCUT2D eigenvalue weighted by Crippen LogP contribution is -2.22. The highest BCUT2D eigenvalue weighted by molar-refractivity contribution is 9.10. The van der Waals surface area contributed by atoms with Crippen LogP contribution in [0.5, 0.6) is 0 Å². The molecule has 0 aromatic heterocycles. The van der Waals surface area contributed by atoms with Gasteiger partial charge in [-0.2, -0.15) is 0 Å². The number of nitrogens with zero attached hydrogens (tertiary/aromatic N) is 1. The predicted molar refractivity (Wildman–Crippen MR) is 76.5 cm³/mol. The Morgan fingerprint density at radius 3 is 2.63 bits per heavy atom. The number of nitro benzene ring substituents is 1. The summed E-state index contributed by atoms with van der Waals surface area (Å²) in [5, 5.41) is 10.9. The maximum atomic E-state index is 11.9. The van der Waals surface area contributed by atoms with Crippen LogP contribution in [0.15, 0.2) is 22.7 Å². The van der Waals surface area contributed by atoms with Crippen molar-refractivity contribution in [3.8, 4) is 0 Å². The molecular weight excluding hydrogens is 336 g/mol. The van der Waals surface area contributed by atoms with E-state index in [4.69, 9.17) is 5.73 Å². The Morgan fingerprint density at radius 2 is 2.11 bits per heavy atom. The molecule has 1 aromatic carbocycles. The molecule has 0 aliphatic rings. The van der Waals surface area contributed by atoms with Crippen molar-refractivity contribution in [1.29, 1.82) is 0 Å². The van der Waals surface area contributed by atoms with Gasteiger partial charge in [-0.25, -0.2) is 8.42 Å². The van der Waals surface area contributed by atoms with Crippen molar-refractivity contribution in [2.75, 3.05) is 12.3 Å². The lowest BCUT2D eigenvalue weighted by molar-refractivity contribution is -0.385. The van der Waals surface area contributed by atoms with Crippen LogP contribution in [0.3, 0.4) is 0 Å². The number of halogens is 1. The first kappa shape index (κ1) is 16.1. The first-order chi connectivity index (χ1) is 8.75. The number of nitro groups is 1. The summed E-state index contributed by atoms with van der Waals surface area (Å²) in [7, 11) is -3.41. The molecule has 1 aromatic rings. The summed E-state index contributed by atoms with van der Waals surface area (Å²) in [6.07, 6.45) is 0. The lowest BCUT2D eigenvalue weighted by atomic mass is 10.2. The number of hydrogen-bond acceptors (Lipinski definition) is 5. The first-order valence-electron chi connectivity index (χ1n) is 5.58. The monoisotopic (exact) mass is 350 g/mol. The Bertz CT molecular complexity index is 574. The maximum Gasteiger partial charge on any atom is 0.274 e. The van der Waals surface area contributed by atoms with E-state index in [0.29, 0.717) is 4.47 Å². The van der Waals surface area contributed by atoms with Crippen LogP contribution in [-0.2, 0) is 15.6 Å². The molecule has 1 rings (SSSR count). The molecule has 8 heteroatoms. The van der Waals surface area contributed by atoms with Crippen molar-refractivity contribution >= 4 is 31.5 Å². The highest BCUT2D eigenvalue weighted by Gasteiger charge is 2.22. The lowest BCUT2D eigenvalue weighted by Gasteiger charge is -2.09. The van der Waals surface area contributed by atoms with E-state index in [2.05, 4.69) is 15.9 Å². The Morgan fingerprint density at radius 1 is 1.47 bits per heavy atom. The molecule has 0 saturated carbocycles. The van der Waals surface area contributed by atoms with Gasteiger partial charge in [-0.05, 0) is 18.5 Å². The Kier molecular flexibility index (Phi) is 5.45. The molecular formula is C11H15BrN2O4S. The predicted octanol–water partition coefficient (Wildman–Crippen LogP) is 1.87. The van der Waals surface area contributed by atoms with Gasteiger partial charge in [-0.3, -0.25) is 10.1 Å². The molecule has 19 heavy (non-hydrogen) atoms. The molecule has 6 nitrogen and oxygen atoms in total. The van der Waals surface area contributed by atoms with Gasteiger partial charge in [0.1, 0.15) is 0 Å². The zero-order valence-corrected chi connectivity index (χ0v) is 12.8. The fourth-order valence-electron chi connectivity index (χ4n) is 1.63. The second-order valence-electron chi connectivity index (χ2n) is 4.43. The molecule has 0 amide bonds. The number of benzene rings is 1. The van der Waals surface area contributed by atoms with Gasteiger partial charge in [0.15, 0.2) is 9.84 Å². The smallest absolute Gasteiger partial charge is 0.274 e. The minimum Gasteiger partial charge on any atom is -0.330 e. The number of rotatable bonds is 6. The normalized spacial score (nSPS) is 13.2. The molecule has 0 bridgehead atoms. The van der Waals surface area contributed by atoms with Gasteiger partial charge in [0.25, 0.3) is 5.69 Å². The highest BCUT2D eigenvalue weighted by atomic mass is 79.9. The molecule has 0 fully saturated rings. The zero-order valence-electron chi connectivity index (χ0n) is 10.4. The van der Waals surface area contributed by atoms with Crippen LogP contribution in [0.25, 0.3) is 0 Å². The van der Waals surface area contributed by atoms with Crippen LogP contribution in [0, 0.1) is 16.0 Å². The third-order valence-electron chi connectivity index (χ3n) is 2.56. The van der Waals surface area contributed by atoms with Gasteiger partial charge >= 0.3 is 0 Å². The van der Waals surface area contributed by atoms with E-state index in [-0.39, 0.29) is 35.2 Å². The van der Waals surface area contributed by atoms with Crippen LogP contribution in [-0.4, -0.2) is 25.6 Å². The van der Waals surface area contributed by atoms with Gasteiger partial charge < -0.3 is 5.73 Å². The standard InChI is InChI=1S/C11H15BrN2O4S/c1-8(5-13)6-19(17,18)7-9-2-3-10(12)4-11(9)14(15)16/h2-4,8H,5-7,13H2,1H3. The SMILES string of the molecule is CC(CN)CS(=O)(=O)Cc1ccc(Br)cc1[N+](=O)[O-]. The van der Waals surface area contributed by atoms with Crippen molar-refractivity contribution in [3.05, 3.63) is 38.3 Å². The van der Waals surface area contributed by atoms with Crippen LogP contribution < -0.4 is 5.73 Å². The Labute approximate surface area is 120 Å². The van der Waals surface area contributed by atoms with Crippen molar-refractivity contribution < 1.29 is 13.3 Å². The van der Waals surface area contributed by atoms with E-state index >= 15 is 0 Å². The summed E-state index contributed by atoms with van der Waals surface area (Å²) < 4.78 is 24.4. The van der Waals surface area contributed by atoms with Gasteiger partial charge in [-0.1, -0.05) is 28.9 Å². The molecule has 0 radical (unpaired) electrons. The van der Waals surface area contributed by atoms with E-state index in [1.807, 2.05) is 0 Å². The van der Waals surface area contributed by atoms with E-state index in [0.717, 1.165) is 0 Å². The van der Waals surface area contributed by atoms with E-state index < -0.39 is 14.8 Å². The quantitative estimate of drug-likeness (QED) is 0.622. The van der Waals surface area contributed by atoms with Crippen molar-refractivity contribution in [1.82, 2.24) is 0 Å². The molecule has 0 heterocycles. The summed E-state index contributed by atoms with van der Waals surface area (Å²) >= 11 is 3.13. The molecule has 0 aliphatic heterocycles. The molecule has 106 valence electrons. The summed E-state index contributed by atoms with van der Waals surface area (Å²) in [6.45, 7) is 2.00. The van der Waals surface area contributed by atoms with Crippen LogP contribution in [0.4, 0.5) is 5.69 Å². The van der Waals surface area contributed by atoms with Gasteiger partial charge in [0.05, 0.1) is 16.4 Å². The Hall–Kier alpha value is -0.990. The van der Waals surface area contributed by atoms with Gasteiger partial charge in [0.2, 0.25) is 0 Å². The molecule has 0 saturated heterocycles. The molecule has 1 atom stereocenters. The van der Waals surface area contributed by atoms with Crippen LogP contribution in [0.1, 0.15) is 12.5 Å². The number of sulfone groups is 1. The summed E-state index contributed by atoms with van der Waals surface area (Å²) in [5.41, 5.74) is 5.39. The second kappa shape index (κ2) is 6.44. The van der Waals surface area contributed by atoms with Crippen LogP contribution >= 0.6 is 15.9 Å². The highest BCUT2D eigenvalue weighted by Crippen LogP contribution is 2.25. The van der Waals surface area contributed by atoms with E-state index in [1.54, 1.807) is 13.0 Å². The van der Waals surface area contributed by atoms with Crippen molar-refractivity contribution in [3.63, 3.8) is 0 Å².